The Hall–Kier alpha value is -7.39. The SMILES string of the molecule is N#Cc1ccc2c(c1)c1cc(C#N)ccc1n2-c1ccc(-c2cc(-c3ccccc3C#N)cc(-n3c4ccccc4c4ccccc43)c2)cc1. The molecule has 9 rings (SSSR count). The number of fused-ring (bicyclic) bond motifs is 6. The van der Waals surface area contributed by atoms with Crippen molar-refractivity contribution in [2.45, 2.75) is 0 Å². The van der Waals surface area contributed by atoms with Crippen molar-refractivity contribution in [2.24, 2.45) is 0 Å². The second kappa shape index (κ2) is 11.4. The third-order valence-corrected chi connectivity index (χ3v) is 9.60. The molecule has 0 fully saturated rings. The Morgan fingerprint density at radius 3 is 1.48 bits per heavy atom. The summed E-state index contributed by atoms with van der Waals surface area (Å²) in [7, 11) is 0. The van der Waals surface area contributed by atoms with Crippen molar-refractivity contribution < 1.29 is 0 Å². The highest BCUT2D eigenvalue weighted by Gasteiger charge is 2.17. The summed E-state index contributed by atoms with van der Waals surface area (Å²) < 4.78 is 4.49. The number of nitrogens with zero attached hydrogens (tertiary/aromatic N) is 5. The van der Waals surface area contributed by atoms with Crippen LogP contribution in [0, 0.1) is 34.0 Å². The first-order valence-electron chi connectivity index (χ1n) is 16.3. The highest BCUT2D eigenvalue weighted by atomic mass is 15.0. The summed E-state index contributed by atoms with van der Waals surface area (Å²) in [6, 6.07) is 58.0. The van der Waals surface area contributed by atoms with E-state index in [1.165, 1.54) is 10.8 Å². The van der Waals surface area contributed by atoms with Crippen LogP contribution in [0.15, 0.2) is 152 Å². The van der Waals surface area contributed by atoms with Crippen LogP contribution in [-0.4, -0.2) is 9.13 Å². The molecule has 0 saturated heterocycles. The second-order valence-electron chi connectivity index (χ2n) is 12.4. The Kier molecular flexibility index (Phi) is 6.56. The molecule has 7 aromatic carbocycles. The summed E-state index contributed by atoms with van der Waals surface area (Å²) in [4.78, 5) is 0. The lowest BCUT2D eigenvalue weighted by Crippen LogP contribution is -1.97. The Morgan fingerprint density at radius 2 is 0.880 bits per heavy atom. The minimum atomic E-state index is 0.575. The summed E-state index contributed by atoms with van der Waals surface area (Å²) in [5.74, 6) is 0. The van der Waals surface area contributed by atoms with Crippen molar-refractivity contribution in [3.05, 3.63) is 168 Å². The van der Waals surface area contributed by atoms with E-state index in [0.717, 1.165) is 66.5 Å². The first-order valence-corrected chi connectivity index (χ1v) is 16.3. The monoisotopic (exact) mass is 635 g/mol. The van der Waals surface area contributed by atoms with Crippen LogP contribution in [0.1, 0.15) is 16.7 Å². The van der Waals surface area contributed by atoms with E-state index in [2.05, 4.69) is 118 Å². The van der Waals surface area contributed by atoms with E-state index in [9.17, 15) is 15.8 Å². The van der Waals surface area contributed by atoms with Crippen molar-refractivity contribution in [1.82, 2.24) is 9.13 Å². The van der Waals surface area contributed by atoms with Gasteiger partial charge in [0.1, 0.15) is 0 Å². The van der Waals surface area contributed by atoms with Gasteiger partial charge >= 0.3 is 0 Å². The maximum Gasteiger partial charge on any atom is 0.0998 e. The van der Waals surface area contributed by atoms with Gasteiger partial charge in [-0.2, -0.15) is 15.8 Å². The van der Waals surface area contributed by atoms with Crippen LogP contribution >= 0.6 is 0 Å². The van der Waals surface area contributed by atoms with Gasteiger partial charge in [-0.25, -0.2) is 0 Å². The quantitative estimate of drug-likeness (QED) is 0.193. The summed E-state index contributed by atoms with van der Waals surface area (Å²) in [6.07, 6.45) is 0. The molecule has 5 nitrogen and oxygen atoms in total. The van der Waals surface area contributed by atoms with Gasteiger partial charge in [0, 0.05) is 32.9 Å². The van der Waals surface area contributed by atoms with Crippen molar-refractivity contribution in [3.8, 4) is 51.8 Å². The van der Waals surface area contributed by atoms with Crippen molar-refractivity contribution in [1.29, 1.82) is 15.8 Å². The summed E-state index contributed by atoms with van der Waals surface area (Å²) in [6.45, 7) is 0. The highest BCUT2D eigenvalue weighted by molar-refractivity contribution is 6.11. The number of rotatable bonds is 4. The van der Waals surface area contributed by atoms with E-state index < -0.39 is 0 Å². The van der Waals surface area contributed by atoms with E-state index in [-0.39, 0.29) is 0 Å². The van der Waals surface area contributed by atoms with Crippen LogP contribution < -0.4 is 0 Å². The minimum Gasteiger partial charge on any atom is -0.309 e. The van der Waals surface area contributed by atoms with Gasteiger partial charge in [0.05, 0.1) is 57.0 Å². The maximum atomic E-state index is 10.0. The third kappa shape index (κ3) is 4.45. The van der Waals surface area contributed by atoms with Crippen LogP contribution in [0.2, 0.25) is 0 Å². The number of aromatic nitrogens is 2. The van der Waals surface area contributed by atoms with Crippen molar-refractivity contribution in [2.75, 3.05) is 0 Å². The minimum absolute atomic E-state index is 0.575. The molecule has 230 valence electrons. The van der Waals surface area contributed by atoms with Gasteiger partial charge in [-0.05, 0) is 107 Å². The summed E-state index contributed by atoms with van der Waals surface area (Å²) in [5, 5.41) is 33.5. The number of benzene rings is 7. The van der Waals surface area contributed by atoms with Crippen LogP contribution in [0.5, 0.6) is 0 Å². The summed E-state index contributed by atoms with van der Waals surface area (Å²) >= 11 is 0. The van der Waals surface area contributed by atoms with E-state index in [0.29, 0.717) is 16.7 Å². The molecule has 0 amide bonds. The molecule has 2 aromatic heterocycles. The van der Waals surface area contributed by atoms with E-state index in [1.54, 1.807) is 0 Å². The first-order chi connectivity index (χ1) is 24.6. The van der Waals surface area contributed by atoms with Crippen LogP contribution in [0.25, 0.3) is 77.2 Å². The molecule has 0 saturated carbocycles. The van der Waals surface area contributed by atoms with E-state index in [4.69, 9.17) is 0 Å². The van der Waals surface area contributed by atoms with Crippen molar-refractivity contribution in [3.63, 3.8) is 0 Å². The van der Waals surface area contributed by atoms with Crippen LogP contribution in [0.4, 0.5) is 0 Å². The zero-order chi connectivity index (χ0) is 33.8. The molecule has 0 bridgehead atoms. The largest absolute Gasteiger partial charge is 0.309 e. The normalized spacial score (nSPS) is 11.1. The molecule has 0 atom stereocenters. The first kappa shape index (κ1) is 28.8. The zero-order valence-electron chi connectivity index (χ0n) is 26.7. The third-order valence-electron chi connectivity index (χ3n) is 9.60. The zero-order valence-corrected chi connectivity index (χ0v) is 26.7. The standard InChI is InChI=1S/C45H25N5/c46-26-29-13-19-44-40(21-29)41-22-30(27-47)14-20-45(41)49(44)35-17-15-31(16-18-35)33-23-34(37-8-2-1-7-32(37)28-48)25-36(24-33)50-42-11-5-3-9-38(42)39-10-4-6-12-43(39)50/h1-25H. The van der Waals surface area contributed by atoms with E-state index in [1.807, 2.05) is 60.7 Å². The lowest BCUT2D eigenvalue weighted by Gasteiger charge is -2.15. The van der Waals surface area contributed by atoms with Gasteiger partial charge in [-0.3, -0.25) is 0 Å². The van der Waals surface area contributed by atoms with Gasteiger partial charge in [0.25, 0.3) is 0 Å². The molecule has 0 unspecified atom stereocenters. The molecule has 50 heavy (non-hydrogen) atoms. The Labute approximate surface area is 287 Å². The highest BCUT2D eigenvalue weighted by Crippen LogP contribution is 2.38. The molecule has 0 aliphatic heterocycles. The van der Waals surface area contributed by atoms with E-state index >= 15 is 0 Å². The molecule has 9 aromatic rings. The lowest BCUT2D eigenvalue weighted by atomic mass is 9.95. The number of hydrogen-bond acceptors (Lipinski definition) is 3. The molecule has 2 heterocycles. The average molecular weight is 636 g/mol. The second-order valence-corrected chi connectivity index (χ2v) is 12.4. The van der Waals surface area contributed by atoms with Gasteiger partial charge < -0.3 is 9.13 Å². The average Bonchev–Trinajstić information content (AvgIpc) is 3.70. The Morgan fingerprint density at radius 1 is 0.360 bits per heavy atom. The molecule has 0 aliphatic rings. The van der Waals surface area contributed by atoms with Crippen LogP contribution in [-0.2, 0) is 0 Å². The smallest absolute Gasteiger partial charge is 0.0998 e. The van der Waals surface area contributed by atoms with Crippen molar-refractivity contribution >= 4 is 43.6 Å². The predicted octanol–water partition coefficient (Wildman–Crippen LogP) is 10.8. The predicted molar refractivity (Wildman–Crippen MR) is 200 cm³/mol. The summed E-state index contributed by atoms with van der Waals surface area (Å²) in [5.41, 5.74) is 11.8. The topological polar surface area (TPSA) is 81.2 Å². The fraction of sp³-hybridized carbons (Fsp3) is 0. The van der Waals surface area contributed by atoms with Gasteiger partial charge in [-0.15, -0.1) is 0 Å². The molecule has 0 N–H and O–H groups in total. The van der Waals surface area contributed by atoms with Gasteiger partial charge in [-0.1, -0.05) is 66.7 Å². The Bertz CT molecular complexity index is 2830. The lowest BCUT2D eigenvalue weighted by molar-refractivity contribution is 1.18. The molecule has 0 aliphatic carbocycles. The maximum absolute atomic E-state index is 10.0. The fourth-order valence-electron chi connectivity index (χ4n) is 7.34. The molecular weight excluding hydrogens is 611 g/mol. The molecular formula is C45H25N5. The van der Waals surface area contributed by atoms with Crippen LogP contribution in [0.3, 0.4) is 0 Å². The molecule has 5 heteroatoms. The molecule has 0 spiro atoms. The molecule has 0 radical (unpaired) electrons. The number of nitriles is 3. The number of hydrogen-bond donors (Lipinski definition) is 0. The fourth-order valence-corrected chi connectivity index (χ4v) is 7.34. The van der Waals surface area contributed by atoms with Gasteiger partial charge in [0.2, 0.25) is 0 Å². The van der Waals surface area contributed by atoms with Gasteiger partial charge in [0.15, 0.2) is 0 Å². The number of para-hydroxylation sites is 2. The Balaban J connectivity index is 1.25.